The molecular weight excluding hydrogens is 224 g/mol. The molecule has 0 saturated carbocycles. The van der Waals surface area contributed by atoms with E-state index in [-0.39, 0.29) is 5.91 Å². The Bertz CT molecular complexity index is 454. The smallest absolute Gasteiger partial charge is 0.254 e. The molecule has 0 aliphatic carbocycles. The molecule has 1 aliphatic rings. The number of rotatable bonds is 4. The molecule has 0 unspecified atom stereocenters. The van der Waals surface area contributed by atoms with Gasteiger partial charge in [0, 0.05) is 30.9 Å². The SMILES string of the molecule is C=CCN(CC)C(=O)c1ccc2c(c1)CCCN2. The van der Waals surface area contributed by atoms with Crippen LogP contribution in [0.25, 0.3) is 0 Å². The second-order valence-electron chi connectivity index (χ2n) is 4.53. The predicted octanol–water partition coefficient (Wildman–Crippen LogP) is 2.69. The normalized spacial score (nSPS) is 13.4. The number of benzene rings is 1. The number of amides is 1. The van der Waals surface area contributed by atoms with Crippen LogP contribution in [0.1, 0.15) is 29.3 Å². The Morgan fingerprint density at radius 2 is 2.39 bits per heavy atom. The van der Waals surface area contributed by atoms with Crippen LogP contribution in [-0.2, 0) is 6.42 Å². The number of likely N-dealkylation sites (N-methyl/N-ethyl adjacent to an activating group) is 1. The van der Waals surface area contributed by atoms with Crippen LogP contribution in [-0.4, -0.2) is 30.4 Å². The van der Waals surface area contributed by atoms with Crippen molar-refractivity contribution >= 4 is 11.6 Å². The van der Waals surface area contributed by atoms with Crippen molar-refractivity contribution in [2.75, 3.05) is 25.0 Å². The molecule has 2 rings (SSSR count). The summed E-state index contributed by atoms with van der Waals surface area (Å²) in [5.74, 6) is 0.0887. The molecule has 18 heavy (non-hydrogen) atoms. The molecule has 1 aliphatic heterocycles. The molecule has 3 heteroatoms. The highest BCUT2D eigenvalue weighted by Crippen LogP contribution is 2.23. The number of nitrogens with zero attached hydrogens (tertiary/aromatic N) is 1. The van der Waals surface area contributed by atoms with Gasteiger partial charge in [-0.1, -0.05) is 6.08 Å². The van der Waals surface area contributed by atoms with Gasteiger partial charge in [-0.3, -0.25) is 4.79 Å². The van der Waals surface area contributed by atoms with Crippen molar-refractivity contribution in [1.82, 2.24) is 4.90 Å². The summed E-state index contributed by atoms with van der Waals surface area (Å²) in [6.45, 7) is 8.01. The minimum Gasteiger partial charge on any atom is -0.385 e. The van der Waals surface area contributed by atoms with Crippen molar-refractivity contribution in [2.45, 2.75) is 19.8 Å². The largest absolute Gasteiger partial charge is 0.385 e. The van der Waals surface area contributed by atoms with Gasteiger partial charge in [0.15, 0.2) is 0 Å². The first kappa shape index (κ1) is 12.7. The first-order valence-electron chi connectivity index (χ1n) is 6.53. The van der Waals surface area contributed by atoms with E-state index >= 15 is 0 Å². The minimum absolute atomic E-state index is 0.0887. The molecule has 1 N–H and O–H groups in total. The molecule has 0 saturated heterocycles. The molecule has 1 heterocycles. The number of nitrogens with one attached hydrogen (secondary N) is 1. The van der Waals surface area contributed by atoms with Crippen molar-refractivity contribution in [3.8, 4) is 0 Å². The zero-order chi connectivity index (χ0) is 13.0. The van der Waals surface area contributed by atoms with Gasteiger partial charge >= 0.3 is 0 Å². The molecule has 0 atom stereocenters. The Morgan fingerprint density at radius 1 is 1.56 bits per heavy atom. The second-order valence-corrected chi connectivity index (χ2v) is 4.53. The van der Waals surface area contributed by atoms with E-state index in [0.717, 1.165) is 24.9 Å². The summed E-state index contributed by atoms with van der Waals surface area (Å²) in [7, 11) is 0. The van der Waals surface area contributed by atoms with E-state index in [2.05, 4.69) is 11.9 Å². The highest BCUT2D eigenvalue weighted by atomic mass is 16.2. The summed E-state index contributed by atoms with van der Waals surface area (Å²) in [6, 6.07) is 5.95. The summed E-state index contributed by atoms with van der Waals surface area (Å²) in [5, 5.41) is 3.36. The molecule has 96 valence electrons. The van der Waals surface area contributed by atoms with E-state index in [1.165, 1.54) is 11.3 Å². The van der Waals surface area contributed by atoms with Gasteiger partial charge < -0.3 is 10.2 Å². The molecule has 1 amide bonds. The first-order valence-corrected chi connectivity index (χ1v) is 6.53. The number of anilines is 1. The van der Waals surface area contributed by atoms with Gasteiger partial charge in [0.1, 0.15) is 0 Å². The average molecular weight is 244 g/mol. The summed E-state index contributed by atoms with van der Waals surface area (Å²) >= 11 is 0. The molecule has 0 aromatic heterocycles. The predicted molar refractivity (Wildman–Crippen MR) is 75.0 cm³/mol. The van der Waals surface area contributed by atoms with Gasteiger partial charge in [0.2, 0.25) is 0 Å². The van der Waals surface area contributed by atoms with E-state index in [0.29, 0.717) is 13.1 Å². The number of fused-ring (bicyclic) bond motifs is 1. The van der Waals surface area contributed by atoms with Crippen LogP contribution in [0.2, 0.25) is 0 Å². The van der Waals surface area contributed by atoms with Crippen LogP contribution in [0.3, 0.4) is 0 Å². The zero-order valence-corrected chi connectivity index (χ0v) is 10.9. The van der Waals surface area contributed by atoms with Crippen molar-refractivity contribution in [3.05, 3.63) is 42.0 Å². The molecular formula is C15H20N2O. The quantitative estimate of drug-likeness (QED) is 0.826. The molecule has 0 bridgehead atoms. The van der Waals surface area contributed by atoms with Crippen molar-refractivity contribution in [2.24, 2.45) is 0 Å². The minimum atomic E-state index is 0.0887. The number of carbonyl (C=O) groups is 1. The molecule has 0 fully saturated rings. The fourth-order valence-corrected chi connectivity index (χ4v) is 2.30. The lowest BCUT2D eigenvalue weighted by Gasteiger charge is -2.22. The second kappa shape index (κ2) is 5.71. The molecule has 1 aromatic carbocycles. The Balaban J connectivity index is 2.22. The fourth-order valence-electron chi connectivity index (χ4n) is 2.30. The summed E-state index contributed by atoms with van der Waals surface area (Å²) in [4.78, 5) is 14.1. The van der Waals surface area contributed by atoms with E-state index < -0.39 is 0 Å². The maximum Gasteiger partial charge on any atom is 0.254 e. The summed E-state index contributed by atoms with van der Waals surface area (Å²) < 4.78 is 0. The van der Waals surface area contributed by atoms with Crippen LogP contribution in [0.5, 0.6) is 0 Å². The molecule has 1 aromatic rings. The van der Waals surface area contributed by atoms with Gasteiger partial charge in [-0.15, -0.1) is 6.58 Å². The molecule has 0 radical (unpaired) electrons. The van der Waals surface area contributed by atoms with Crippen LogP contribution in [0.15, 0.2) is 30.9 Å². The lowest BCUT2D eigenvalue weighted by atomic mass is 10.0. The molecule has 3 nitrogen and oxygen atoms in total. The van der Waals surface area contributed by atoms with Crippen molar-refractivity contribution in [3.63, 3.8) is 0 Å². The maximum absolute atomic E-state index is 12.3. The third-order valence-corrected chi connectivity index (χ3v) is 3.31. The Hall–Kier alpha value is -1.77. The number of hydrogen-bond donors (Lipinski definition) is 1. The number of aryl methyl sites for hydroxylation is 1. The Morgan fingerprint density at radius 3 is 3.11 bits per heavy atom. The van der Waals surface area contributed by atoms with Crippen molar-refractivity contribution < 1.29 is 4.79 Å². The number of carbonyl (C=O) groups excluding carboxylic acids is 1. The highest BCUT2D eigenvalue weighted by molar-refractivity contribution is 5.95. The topological polar surface area (TPSA) is 32.3 Å². The van der Waals surface area contributed by atoms with Gasteiger partial charge in [0.25, 0.3) is 5.91 Å². The summed E-state index contributed by atoms with van der Waals surface area (Å²) in [6.07, 6.45) is 3.95. The standard InChI is InChI=1S/C15H20N2O/c1-3-10-17(4-2)15(18)13-7-8-14-12(11-13)6-5-9-16-14/h3,7-8,11,16H,1,4-6,9-10H2,2H3. The molecule has 0 spiro atoms. The van der Waals surface area contributed by atoms with E-state index in [1.54, 1.807) is 11.0 Å². The van der Waals surface area contributed by atoms with E-state index in [9.17, 15) is 4.79 Å². The zero-order valence-electron chi connectivity index (χ0n) is 10.9. The van der Waals surface area contributed by atoms with Crippen LogP contribution in [0, 0.1) is 0 Å². The van der Waals surface area contributed by atoms with Gasteiger partial charge in [0.05, 0.1) is 0 Å². The Labute approximate surface area is 108 Å². The van der Waals surface area contributed by atoms with Crippen LogP contribution in [0.4, 0.5) is 5.69 Å². The lowest BCUT2D eigenvalue weighted by molar-refractivity contribution is 0.0782. The van der Waals surface area contributed by atoms with Gasteiger partial charge in [-0.05, 0) is 43.5 Å². The maximum atomic E-state index is 12.3. The Kier molecular flexibility index (Phi) is 4.03. The fraction of sp³-hybridized carbons (Fsp3) is 0.400. The highest BCUT2D eigenvalue weighted by Gasteiger charge is 2.16. The van der Waals surface area contributed by atoms with E-state index in [1.807, 2.05) is 25.1 Å². The lowest BCUT2D eigenvalue weighted by Crippen LogP contribution is -2.31. The van der Waals surface area contributed by atoms with Crippen LogP contribution >= 0.6 is 0 Å². The third-order valence-electron chi connectivity index (χ3n) is 3.31. The third kappa shape index (κ3) is 2.55. The first-order chi connectivity index (χ1) is 8.76. The average Bonchev–Trinajstić information content (AvgIpc) is 2.43. The summed E-state index contributed by atoms with van der Waals surface area (Å²) in [5.41, 5.74) is 3.20. The van der Waals surface area contributed by atoms with Gasteiger partial charge in [-0.25, -0.2) is 0 Å². The number of hydrogen-bond acceptors (Lipinski definition) is 2. The van der Waals surface area contributed by atoms with Crippen LogP contribution < -0.4 is 5.32 Å². The van der Waals surface area contributed by atoms with Gasteiger partial charge in [-0.2, -0.15) is 0 Å². The monoisotopic (exact) mass is 244 g/mol. The van der Waals surface area contributed by atoms with E-state index in [4.69, 9.17) is 0 Å². The van der Waals surface area contributed by atoms with Crippen molar-refractivity contribution in [1.29, 1.82) is 0 Å².